The number of nitrogen functional groups attached to an aromatic ring is 1. The van der Waals surface area contributed by atoms with Gasteiger partial charge in [0.1, 0.15) is 36.5 Å². The van der Waals surface area contributed by atoms with Crippen LogP contribution >= 0.6 is 15.2 Å². The molecule has 1 aromatic carbocycles. The van der Waals surface area contributed by atoms with E-state index >= 15 is 0 Å². The highest BCUT2D eigenvalue weighted by atomic mass is 31.2. The van der Waals surface area contributed by atoms with E-state index in [1.54, 1.807) is 0 Å². The van der Waals surface area contributed by atoms with Gasteiger partial charge in [-0.3, -0.25) is 13.7 Å². The van der Waals surface area contributed by atoms with E-state index in [0.29, 0.717) is 5.56 Å². The first-order chi connectivity index (χ1) is 18.1. The van der Waals surface area contributed by atoms with Crippen LogP contribution in [0.3, 0.4) is 0 Å². The van der Waals surface area contributed by atoms with Crippen LogP contribution in [0.5, 0.6) is 0 Å². The van der Waals surface area contributed by atoms with Crippen molar-refractivity contribution in [1.29, 1.82) is 0 Å². The number of nitrogens with one attached hydrogen (secondary N) is 1. The molecule has 19 heteroatoms. The summed E-state index contributed by atoms with van der Waals surface area (Å²) in [7, 11) is -9.42. The van der Waals surface area contributed by atoms with E-state index in [-0.39, 0.29) is 17.7 Å². The number of hydrogen-bond acceptors (Lipinski definition) is 11. The highest BCUT2D eigenvalue weighted by Gasteiger charge is 2.47. The lowest BCUT2D eigenvalue weighted by Gasteiger charge is -2.24. The minimum Gasteiger partial charge on any atom is -0.445 e. The van der Waals surface area contributed by atoms with Gasteiger partial charge in [-0.05, 0) is 36.6 Å². The molecule has 1 aliphatic rings. The molecule has 0 saturated carbocycles. The molecule has 10 N–H and O–H groups in total. The van der Waals surface area contributed by atoms with Crippen molar-refractivity contribution in [2.24, 2.45) is 0 Å². The van der Waals surface area contributed by atoms with Gasteiger partial charge >= 0.3 is 27.0 Å². The molecule has 0 bridgehead atoms. The number of nitrogens with zero attached hydrogens (tertiary/aromatic N) is 2. The van der Waals surface area contributed by atoms with E-state index in [2.05, 4.69) is 4.98 Å². The highest BCUT2D eigenvalue weighted by Crippen LogP contribution is 2.42. The Morgan fingerprint density at radius 2 is 1.74 bits per heavy atom. The molecule has 2 unspecified atom stereocenters. The number of rotatable bonds is 10. The molecular weight excluding hydrogens is 566 g/mol. The lowest BCUT2D eigenvalue weighted by atomic mass is 10.0. The van der Waals surface area contributed by atoms with Gasteiger partial charge in [-0.15, -0.1) is 0 Å². The van der Waals surface area contributed by atoms with E-state index < -0.39 is 76.2 Å². The van der Waals surface area contributed by atoms with Crippen molar-refractivity contribution in [3.8, 4) is 0 Å². The van der Waals surface area contributed by atoms with E-state index in [1.807, 2.05) is 5.32 Å². The number of amides is 1. The first-order valence-electron chi connectivity index (χ1n) is 11.3. The van der Waals surface area contributed by atoms with E-state index in [0.717, 1.165) is 16.7 Å². The molecule has 1 fully saturated rings. The first kappa shape index (κ1) is 30.8. The average Bonchev–Trinajstić information content (AvgIpc) is 3.13. The molecule has 3 rings (SSSR count). The van der Waals surface area contributed by atoms with Crippen molar-refractivity contribution in [2.75, 3.05) is 5.73 Å². The first-order valence-corrected chi connectivity index (χ1v) is 14.5. The summed E-state index contributed by atoms with van der Waals surface area (Å²) in [5, 5.41) is 32.9. The van der Waals surface area contributed by atoms with Crippen molar-refractivity contribution in [3.63, 3.8) is 0 Å². The molecule has 216 valence electrons. The van der Waals surface area contributed by atoms with Crippen molar-refractivity contribution in [3.05, 3.63) is 52.6 Å². The van der Waals surface area contributed by atoms with E-state index in [9.17, 15) is 43.8 Å². The summed E-state index contributed by atoms with van der Waals surface area (Å²) in [4.78, 5) is 65.2. The molecule has 1 aromatic heterocycles. The fourth-order valence-electron chi connectivity index (χ4n) is 3.78. The fraction of sp³-hybridized carbons (Fsp3) is 0.450. The van der Waals surface area contributed by atoms with Crippen LogP contribution in [0.4, 0.5) is 10.6 Å². The quantitative estimate of drug-likeness (QED) is 0.132. The number of aliphatic hydroxyl groups is 3. The van der Waals surface area contributed by atoms with Gasteiger partial charge in [-0.1, -0.05) is 12.1 Å². The zero-order valence-corrected chi connectivity index (χ0v) is 21.8. The molecule has 6 atom stereocenters. The molecule has 1 amide bonds. The summed E-state index contributed by atoms with van der Waals surface area (Å²) in [5.41, 5.74) is 4.87. The summed E-state index contributed by atoms with van der Waals surface area (Å²) >= 11 is 0. The van der Waals surface area contributed by atoms with Gasteiger partial charge in [0.25, 0.3) is 0 Å². The van der Waals surface area contributed by atoms with E-state index in [1.165, 1.54) is 24.4 Å². The number of hydrogen-bond donors (Lipinski definition) is 9. The summed E-state index contributed by atoms with van der Waals surface area (Å²) in [6.45, 7) is -0.384. The molecular formula is C20H28N4O13P2. The molecule has 0 aliphatic carbocycles. The largest absolute Gasteiger partial charge is 0.445 e. The smallest absolute Gasteiger partial charge is 0.408 e. The van der Waals surface area contributed by atoms with Gasteiger partial charge in [0.2, 0.25) is 0 Å². The van der Waals surface area contributed by atoms with Crippen LogP contribution in [-0.4, -0.2) is 80.7 Å². The number of anilines is 1. The molecule has 2 heterocycles. The van der Waals surface area contributed by atoms with Crippen molar-refractivity contribution < 1.29 is 58.3 Å². The van der Waals surface area contributed by atoms with Crippen LogP contribution in [0.2, 0.25) is 0 Å². The number of nitrogens with two attached hydrogens (primary N) is 1. The Balaban J connectivity index is 1.58. The predicted molar refractivity (Wildman–Crippen MR) is 131 cm³/mol. The van der Waals surface area contributed by atoms with Crippen LogP contribution in [0.1, 0.15) is 24.6 Å². The van der Waals surface area contributed by atoms with Crippen molar-refractivity contribution in [1.82, 2.24) is 14.9 Å². The van der Waals surface area contributed by atoms with Gasteiger partial charge in [0.15, 0.2) is 6.23 Å². The minimum atomic E-state index is -4.96. The topological polar surface area (TPSA) is 284 Å². The normalized spacial score (nSPS) is 23.3. The number of benzene rings is 1. The third kappa shape index (κ3) is 7.93. The Kier molecular flexibility index (Phi) is 9.67. The predicted octanol–water partition coefficient (Wildman–Crippen LogP) is -2.18. The summed E-state index contributed by atoms with van der Waals surface area (Å²) < 4.78 is 34.3. The molecule has 0 radical (unpaired) electrons. The van der Waals surface area contributed by atoms with Crippen LogP contribution < -0.4 is 22.0 Å². The third-order valence-corrected chi connectivity index (χ3v) is 8.02. The standard InChI is InChI=1S/C20H28N4O13P2/c21-13-7-8-24(19(28)22-13)18-16(27)15(26)17(37-18)12(25)5-6-14(39(33,34)35)23-20(29)36-9-10-1-3-11(4-2-10)38(30,31)32/h1-4,7-8,12,14-18,25-27H,5-6,9H2,(H,23,29)(H2,21,22,28)(H2,30,31,32)(H2,33,34,35)/t12?,14?,15-,16+,17+,18+/m0/s1. The van der Waals surface area contributed by atoms with Gasteiger partial charge in [0, 0.05) is 6.20 Å². The second-order valence-electron chi connectivity index (χ2n) is 8.70. The van der Waals surface area contributed by atoms with Gasteiger partial charge in [-0.2, -0.15) is 4.98 Å². The second-order valence-corrected chi connectivity index (χ2v) is 12.1. The molecule has 39 heavy (non-hydrogen) atoms. The SMILES string of the molecule is Nc1ccn([C@@H]2O[C@H](C(O)CCC(NC(=O)OCc3ccc(P(=O)(O)O)cc3)P(=O)(O)O)[C@@H](O)[C@H]2O)c(=O)n1. The van der Waals surface area contributed by atoms with Crippen LogP contribution in [0, 0.1) is 0 Å². The van der Waals surface area contributed by atoms with Crippen molar-refractivity contribution in [2.45, 2.75) is 55.9 Å². The summed E-state index contributed by atoms with van der Waals surface area (Å²) in [6.07, 6.45) is -8.80. The average molecular weight is 594 g/mol. The molecule has 2 aromatic rings. The molecule has 1 saturated heterocycles. The number of carbonyl (C=O) groups excluding carboxylic acids is 1. The van der Waals surface area contributed by atoms with E-state index in [4.69, 9.17) is 25.0 Å². The Morgan fingerprint density at radius 1 is 1.10 bits per heavy atom. The Labute approximate surface area is 220 Å². The number of aliphatic hydroxyl groups excluding tert-OH is 3. The third-order valence-electron chi connectivity index (χ3n) is 5.85. The number of alkyl carbamates (subject to hydrolysis) is 1. The Hall–Kier alpha value is -2.69. The fourth-order valence-corrected chi connectivity index (χ4v) is 5.08. The number of aromatic nitrogens is 2. The van der Waals surface area contributed by atoms with Crippen LogP contribution in [0.25, 0.3) is 0 Å². The minimum absolute atomic E-state index is 0.0896. The monoisotopic (exact) mass is 594 g/mol. The number of ether oxygens (including phenoxy) is 2. The molecule has 0 spiro atoms. The van der Waals surface area contributed by atoms with Crippen LogP contribution in [0.15, 0.2) is 41.3 Å². The van der Waals surface area contributed by atoms with Crippen molar-refractivity contribution >= 4 is 32.4 Å². The zero-order valence-electron chi connectivity index (χ0n) is 20.0. The lowest BCUT2D eigenvalue weighted by Crippen LogP contribution is -2.40. The van der Waals surface area contributed by atoms with Gasteiger partial charge in [-0.25, -0.2) is 9.59 Å². The lowest BCUT2D eigenvalue weighted by molar-refractivity contribution is -0.0882. The maximum absolute atomic E-state index is 12.1. The Morgan fingerprint density at radius 3 is 2.31 bits per heavy atom. The van der Waals surface area contributed by atoms with Crippen LogP contribution in [-0.2, 0) is 25.2 Å². The highest BCUT2D eigenvalue weighted by molar-refractivity contribution is 7.60. The maximum Gasteiger partial charge on any atom is 0.408 e. The molecule has 1 aliphatic heterocycles. The number of carbonyl (C=O) groups is 1. The Bertz CT molecular complexity index is 1310. The summed E-state index contributed by atoms with van der Waals surface area (Å²) in [5.74, 6) is -1.90. The van der Waals surface area contributed by atoms with Gasteiger partial charge < -0.3 is 55.4 Å². The molecule has 17 nitrogen and oxygen atoms in total. The zero-order chi connectivity index (χ0) is 29.1. The maximum atomic E-state index is 12.1. The summed E-state index contributed by atoms with van der Waals surface area (Å²) in [6, 6.07) is 6.11. The van der Waals surface area contributed by atoms with Gasteiger partial charge in [0.05, 0.1) is 11.4 Å². The second kappa shape index (κ2) is 12.2.